The van der Waals surface area contributed by atoms with Gasteiger partial charge in [0.25, 0.3) is 0 Å². The van der Waals surface area contributed by atoms with Gasteiger partial charge in [-0.05, 0) is 19.9 Å². The van der Waals surface area contributed by atoms with Crippen LogP contribution < -0.4 is 5.32 Å². The summed E-state index contributed by atoms with van der Waals surface area (Å²) >= 11 is 0. The van der Waals surface area contributed by atoms with Crippen LogP contribution in [0.25, 0.3) is 0 Å². The molecular weight excluding hydrogens is 228 g/mol. The highest BCUT2D eigenvalue weighted by molar-refractivity contribution is 5.88. The van der Waals surface area contributed by atoms with Gasteiger partial charge in [-0.3, -0.25) is 9.59 Å². The number of hydrogen-bond donors (Lipinski definition) is 1. The second-order valence-corrected chi connectivity index (χ2v) is 4.83. The first kappa shape index (κ1) is 19.4. The molecule has 0 fully saturated rings. The summed E-state index contributed by atoms with van der Waals surface area (Å²) in [6.45, 7) is 10.0. The van der Waals surface area contributed by atoms with E-state index in [1.54, 1.807) is 14.1 Å². The lowest BCUT2D eigenvalue weighted by Gasteiger charge is -2.29. The van der Waals surface area contributed by atoms with Gasteiger partial charge in [0.05, 0.1) is 12.6 Å². The number of unbranched alkanes of at least 4 members (excludes halogenated alkanes) is 1. The van der Waals surface area contributed by atoms with Crippen molar-refractivity contribution in [1.29, 1.82) is 0 Å². The van der Waals surface area contributed by atoms with Crippen LogP contribution in [0.5, 0.6) is 0 Å². The molecule has 4 nitrogen and oxygen atoms in total. The first-order chi connectivity index (χ1) is 8.33. The van der Waals surface area contributed by atoms with E-state index in [4.69, 9.17) is 0 Å². The molecule has 108 valence electrons. The molecule has 0 spiro atoms. The molecule has 0 radical (unpaired) electrons. The van der Waals surface area contributed by atoms with Gasteiger partial charge in [-0.1, -0.05) is 40.5 Å². The Morgan fingerprint density at radius 3 is 1.83 bits per heavy atom. The van der Waals surface area contributed by atoms with E-state index in [-0.39, 0.29) is 30.2 Å². The molecule has 0 aromatic carbocycles. The number of hydrogen-bond acceptors (Lipinski definition) is 3. The zero-order valence-electron chi connectivity index (χ0n) is 13.0. The molecule has 0 saturated carbocycles. The van der Waals surface area contributed by atoms with E-state index in [0.29, 0.717) is 0 Å². The lowest BCUT2D eigenvalue weighted by molar-refractivity contribution is -0.138. The minimum Gasteiger partial charge on any atom is -0.334 e. The first-order valence-corrected chi connectivity index (χ1v) is 6.74. The first-order valence-electron chi connectivity index (χ1n) is 6.74. The predicted molar refractivity (Wildman–Crippen MR) is 76.6 cm³/mol. The van der Waals surface area contributed by atoms with Crippen molar-refractivity contribution in [3.63, 3.8) is 0 Å². The molecule has 0 aromatic rings. The van der Waals surface area contributed by atoms with Crippen LogP contribution in [0.2, 0.25) is 0 Å². The van der Waals surface area contributed by atoms with Crippen LogP contribution in [-0.4, -0.2) is 43.3 Å². The minimum atomic E-state index is -0.309. The third-order valence-corrected chi connectivity index (χ3v) is 2.69. The number of carbonyl (C=O) groups excluding carboxylic acids is 2. The topological polar surface area (TPSA) is 49.4 Å². The number of nitrogens with zero attached hydrogens (tertiary/aromatic N) is 1. The number of likely N-dealkylation sites (N-methyl/N-ethyl adjacent to an activating group) is 2. The van der Waals surface area contributed by atoms with Crippen LogP contribution in [0.15, 0.2) is 0 Å². The van der Waals surface area contributed by atoms with Gasteiger partial charge in [0.15, 0.2) is 5.78 Å². The summed E-state index contributed by atoms with van der Waals surface area (Å²) in [7, 11) is 3.38. The molecule has 1 unspecified atom stereocenters. The highest BCUT2D eigenvalue weighted by atomic mass is 16.2. The summed E-state index contributed by atoms with van der Waals surface area (Å²) in [6, 6.07) is -0.309. The lowest BCUT2D eigenvalue weighted by atomic mass is 9.99. The van der Waals surface area contributed by atoms with Gasteiger partial charge in [0.2, 0.25) is 5.91 Å². The Labute approximate surface area is 112 Å². The summed E-state index contributed by atoms with van der Waals surface area (Å²) in [6.07, 6.45) is 2.64. The Kier molecular flexibility index (Phi) is 12.1. The monoisotopic (exact) mass is 258 g/mol. The van der Waals surface area contributed by atoms with Crippen LogP contribution in [0.1, 0.15) is 47.5 Å². The van der Waals surface area contributed by atoms with E-state index in [1.807, 2.05) is 13.8 Å². The Morgan fingerprint density at radius 2 is 1.61 bits per heavy atom. The van der Waals surface area contributed by atoms with Crippen molar-refractivity contribution in [2.75, 3.05) is 20.6 Å². The van der Waals surface area contributed by atoms with Crippen molar-refractivity contribution in [2.45, 2.75) is 53.5 Å². The van der Waals surface area contributed by atoms with Crippen molar-refractivity contribution < 1.29 is 9.59 Å². The molecule has 0 bridgehead atoms. The number of rotatable bonds is 6. The van der Waals surface area contributed by atoms with Crippen molar-refractivity contribution in [3.05, 3.63) is 0 Å². The average Bonchev–Trinajstić information content (AvgIpc) is 2.28. The number of ketones is 1. The average molecular weight is 258 g/mol. The molecule has 0 aliphatic carbocycles. The highest BCUT2D eigenvalue weighted by Gasteiger charge is 2.26. The van der Waals surface area contributed by atoms with Gasteiger partial charge < -0.3 is 10.2 Å². The molecule has 0 aromatic heterocycles. The number of Topliss-reactive ketones (excluding diaryl/α,β-unsaturated/α-hetero) is 1. The molecule has 18 heavy (non-hydrogen) atoms. The number of nitrogens with one attached hydrogen (secondary N) is 1. The van der Waals surface area contributed by atoms with Crippen LogP contribution in [-0.2, 0) is 9.59 Å². The van der Waals surface area contributed by atoms with Gasteiger partial charge in [0.1, 0.15) is 0 Å². The number of amides is 1. The fraction of sp³-hybridized carbons (Fsp3) is 0.857. The van der Waals surface area contributed by atoms with Crippen molar-refractivity contribution >= 4 is 11.7 Å². The van der Waals surface area contributed by atoms with E-state index < -0.39 is 0 Å². The summed E-state index contributed by atoms with van der Waals surface area (Å²) in [5.74, 6) is 0.131. The SMILES string of the molecule is CCCC.CNCC(=O)N(C)C(C(C)=O)C(C)C. The maximum Gasteiger partial charge on any atom is 0.236 e. The normalized spacial score (nSPS) is 11.6. The molecule has 0 heterocycles. The summed E-state index contributed by atoms with van der Waals surface area (Å²) in [5.41, 5.74) is 0. The molecule has 1 N–H and O–H groups in total. The quantitative estimate of drug-likeness (QED) is 0.793. The van der Waals surface area contributed by atoms with E-state index >= 15 is 0 Å². The summed E-state index contributed by atoms with van der Waals surface area (Å²) in [5, 5.41) is 2.78. The molecule has 0 aliphatic rings. The maximum atomic E-state index is 11.5. The zero-order valence-corrected chi connectivity index (χ0v) is 13.0. The Bertz CT molecular complexity index is 238. The van der Waals surface area contributed by atoms with Crippen LogP contribution in [0, 0.1) is 5.92 Å². The van der Waals surface area contributed by atoms with Gasteiger partial charge in [-0.25, -0.2) is 0 Å². The van der Waals surface area contributed by atoms with Crippen molar-refractivity contribution in [2.24, 2.45) is 5.92 Å². The molecule has 1 amide bonds. The predicted octanol–water partition coefficient (Wildman–Crippen LogP) is 2.08. The highest BCUT2D eigenvalue weighted by Crippen LogP contribution is 2.10. The maximum absolute atomic E-state index is 11.5. The van der Waals surface area contributed by atoms with E-state index in [2.05, 4.69) is 19.2 Å². The molecule has 4 heteroatoms. The Balaban J connectivity index is 0. The van der Waals surface area contributed by atoms with Gasteiger partial charge >= 0.3 is 0 Å². The van der Waals surface area contributed by atoms with Crippen LogP contribution >= 0.6 is 0 Å². The summed E-state index contributed by atoms with van der Waals surface area (Å²) in [4.78, 5) is 24.3. The van der Waals surface area contributed by atoms with Gasteiger partial charge in [-0.15, -0.1) is 0 Å². The van der Waals surface area contributed by atoms with Crippen LogP contribution in [0.4, 0.5) is 0 Å². The van der Waals surface area contributed by atoms with E-state index in [9.17, 15) is 9.59 Å². The third-order valence-electron chi connectivity index (χ3n) is 2.69. The molecular formula is C14H30N2O2. The Morgan fingerprint density at radius 1 is 1.17 bits per heavy atom. The smallest absolute Gasteiger partial charge is 0.236 e. The number of carbonyl (C=O) groups is 2. The van der Waals surface area contributed by atoms with Gasteiger partial charge in [-0.2, -0.15) is 0 Å². The standard InChI is InChI=1S/C10H20N2O2.C4H10/c1-7(2)10(8(3)13)12(5)9(14)6-11-4;1-3-4-2/h7,10-11H,6H2,1-5H3;3-4H2,1-2H3. The molecule has 1 atom stereocenters. The third kappa shape index (κ3) is 8.23. The van der Waals surface area contributed by atoms with Crippen LogP contribution in [0.3, 0.4) is 0 Å². The molecule has 0 aliphatic heterocycles. The van der Waals surface area contributed by atoms with Gasteiger partial charge in [0, 0.05) is 7.05 Å². The van der Waals surface area contributed by atoms with E-state index in [0.717, 1.165) is 0 Å². The second kappa shape index (κ2) is 11.2. The Hall–Kier alpha value is -0.900. The molecule has 0 saturated heterocycles. The largest absolute Gasteiger partial charge is 0.334 e. The minimum absolute atomic E-state index is 0.0342. The van der Waals surface area contributed by atoms with E-state index in [1.165, 1.54) is 24.7 Å². The fourth-order valence-corrected chi connectivity index (χ4v) is 1.62. The fourth-order valence-electron chi connectivity index (χ4n) is 1.62. The summed E-state index contributed by atoms with van der Waals surface area (Å²) < 4.78 is 0. The van der Waals surface area contributed by atoms with Crippen molar-refractivity contribution in [1.82, 2.24) is 10.2 Å². The van der Waals surface area contributed by atoms with Crippen molar-refractivity contribution in [3.8, 4) is 0 Å². The second-order valence-electron chi connectivity index (χ2n) is 4.83. The zero-order chi connectivity index (χ0) is 14.7. The molecule has 0 rings (SSSR count). The lowest BCUT2D eigenvalue weighted by Crippen LogP contribution is -2.47.